The fourth-order valence-corrected chi connectivity index (χ4v) is 5.16. The number of likely N-dealkylation sites (N-methyl/N-ethyl adjacent to an activating group) is 1. The van der Waals surface area contributed by atoms with Crippen molar-refractivity contribution in [3.05, 3.63) is 65.9 Å². The molecule has 0 saturated heterocycles. The number of nitrogens with zero attached hydrogens (tertiary/aromatic N) is 7. The first kappa shape index (κ1) is 35.7. The van der Waals surface area contributed by atoms with Gasteiger partial charge in [-0.3, -0.25) is 9.11 Å². The Kier molecular flexibility index (Phi) is 11.3. The Morgan fingerprint density at radius 3 is 2.12 bits per heavy atom. The molecule has 1 atom stereocenters. The molecular formula is C26H27ClN12O7S2. The Hall–Kier alpha value is -5.19. The number of benzene rings is 3. The van der Waals surface area contributed by atoms with E-state index in [4.69, 9.17) is 21.9 Å². The Labute approximate surface area is 278 Å². The second kappa shape index (κ2) is 15.1. The topological polar surface area (TPSA) is 288 Å². The Balaban J connectivity index is 1.60. The molecule has 1 heterocycles. The van der Waals surface area contributed by atoms with E-state index in [1.54, 1.807) is 7.05 Å². The number of primary amides is 1. The number of azo groups is 2. The number of carbonyl (C=O) groups excluding carboxylic acids is 1. The van der Waals surface area contributed by atoms with Crippen molar-refractivity contribution in [3.8, 4) is 0 Å². The monoisotopic (exact) mass is 718 g/mol. The van der Waals surface area contributed by atoms with Crippen LogP contribution in [0, 0.1) is 0 Å². The van der Waals surface area contributed by atoms with E-state index in [1.165, 1.54) is 42.5 Å². The highest BCUT2D eigenvalue weighted by atomic mass is 35.5. The Morgan fingerprint density at radius 1 is 0.854 bits per heavy atom. The molecule has 19 nitrogen and oxygen atoms in total. The van der Waals surface area contributed by atoms with Crippen molar-refractivity contribution in [3.63, 3.8) is 0 Å². The first-order valence-electron chi connectivity index (χ1n) is 13.4. The number of nitrogens with one attached hydrogen (secondary N) is 4. The summed E-state index contributed by atoms with van der Waals surface area (Å²) in [4.78, 5) is 23.1. The molecule has 48 heavy (non-hydrogen) atoms. The highest BCUT2D eigenvalue weighted by Crippen LogP contribution is 2.34. The van der Waals surface area contributed by atoms with Crippen molar-refractivity contribution in [2.24, 2.45) is 26.2 Å². The van der Waals surface area contributed by atoms with Gasteiger partial charge >= 0.3 is 6.03 Å². The Morgan fingerprint density at radius 2 is 1.48 bits per heavy atom. The van der Waals surface area contributed by atoms with Crippen molar-refractivity contribution < 1.29 is 30.7 Å². The zero-order valence-electron chi connectivity index (χ0n) is 24.9. The summed E-state index contributed by atoms with van der Waals surface area (Å²) < 4.78 is 65.7. The standard InChI is InChI=1S/C26H27ClN12O7S2/c1-14(13-29-2)30-25-33-23(27)34-26(35-25)31-16-5-9-19(21(11-16)32-24(28)40)38-39-20-10-6-17(12-22(20)48(44,45)46)37-36-15-3-7-18(8-4-15)47(41,42)43/h3-12,14,29H,13H2,1-2H3,(H3,28,32,40)(H,41,42,43)(H,44,45,46)(H2,30,31,33,34,35). The van der Waals surface area contributed by atoms with Crippen LogP contribution in [0.4, 0.5) is 50.8 Å². The molecular weight excluding hydrogens is 692 g/mol. The van der Waals surface area contributed by atoms with E-state index in [2.05, 4.69) is 56.7 Å². The van der Waals surface area contributed by atoms with Gasteiger partial charge in [0.1, 0.15) is 16.3 Å². The predicted octanol–water partition coefficient (Wildman–Crippen LogP) is 5.10. The van der Waals surface area contributed by atoms with Gasteiger partial charge in [0.15, 0.2) is 0 Å². The maximum atomic E-state index is 12.2. The number of anilines is 4. The molecule has 4 rings (SSSR count). The van der Waals surface area contributed by atoms with Gasteiger partial charge in [0.2, 0.25) is 17.2 Å². The molecule has 3 aromatic carbocycles. The van der Waals surface area contributed by atoms with Crippen molar-refractivity contribution >= 4 is 83.9 Å². The number of hydrogen-bond donors (Lipinski definition) is 7. The van der Waals surface area contributed by atoms with Crippen molar-refractivity contribution in [2.45, 2.75) is 22.8 Å². The normalized spacial score (nSPS) is 12.7. The maximum Gasteiger partial charge on any atom is 0.316 e. The largest absolute Gasteiger partial charge is 0.351 e. The van der Waals surface area contributed by atoms with Gasteiger partial charge in [-0.1, -0.05) is 0 Å². The van der Waals surface area contributed by atoms with E-state index in [-0.39, 0.29) is 56.6 Å². The lowest BCUT2D eigenvalue weighted by Gasteiger charge is -2.14. The summed E-state index contributed by atoms with van der Waals surface area (Å²) in [5.74, 6) is 0.302. The van der Waals surface area contributed by atoms with E-state index < -0.39 is 31.2 Å². The summed E-state index contributed by atoms with van der Waals surface area (Å²) in [6, 6.07) is 11.7. The number of amides is 2. The highest BCUT2D eigenvalue weighted by Gasteiger charge is 2.18. The molecule has 2 amide bonds. The van der Waals surface area contributed by atoms with Crippen LogP contribution in [0.15, 0.2) is 90.9 Å². The van der Waals surface area contributed by atoms with Gasteiger partial charge in [-0.05, 0) is 86.2 Å². The number of aromatic nitrogens is 3. The molecule has 0 saturated carbocycles. The third-order valence-corrected chi connectivity index (χ3v) is 7.83. The summed E-state index contributed by atoms with van der Waals surface area (Å²) in [6.07, 6.45) is 0. The first-order chi connectivity index (χ1) is 22.6. The lowest BCUT2D eigenvalue weighted by molar-refractivity contribution is 0.259. The quantitative estimate of drug-likeness (QED) is 0.0700. The number of carbonyl (C=O) groups is 1. The minimum atomic E-state index is -4.84. The minimum Gasteiger partial charge on any atom is -0.351 e. The zero-order valence-corrected chi connectivity index (χ0v) is 27.3. The molecule has 0 fully saturated rings. The van der Waals surface area contributed by atoms with Crippen molar-refractivity contribution in [2.75, 3.05) is 29.5 Å². The Bertz CT molecular complexity index is 2100. The molecule has 0 aliphatic carbocycles. The molecule has 0 aliphatic rings. The molecule has 1 unspecified atom stereocenters. The van der Waals surface area contributed by atoms with Crippen LogP contribution < -0.4 is 27.0 Å². The van der Waals surface area contributed by atoms with Crippen LogP contribution >= 0.6 is 11.6 Å². The first-order valence-corrected chi connectivity index (χ1v) is 16.7. The summed E-state index contributed by atoms with van der Waals surface area (Å²) >= 11 is 6.06. The molecule has 22 heteroatoms. The lowest BCUT2D eigenvalue weighted by atomic mass is 10.2. The summed E-state index contributed by atoms with van der Waals surface area (Å²) in [5.41, 5.74) is 5.70. The molecule has 0 spiro atoms. The summed E-state index contributed by atoms with van der Waals surface area (Å²) in [6.45, 7) is 2.54. The van der Waals surface area contributed by atoms with Crippen LogP contribution in [-0.4, -0.2) is 66.6 Å². The SMILES string of the molecule is CNCC(C)Nc1nc(Cl)nc(Nc2ccc(N=Nc3ccc(N=Nc4ccc(S(=O)(=O)O)cc4)cc3S(=O)(=O)O)c(NC(N)=O)c2)n1. The highest BCUT2D eigenvalue weighted by molar-refractivity contribution is 7.86. The van der Waals surface area contributed by atoms with E-state index in [0.29, 0.717) is 12.2 Å². The van der Waals surface area contributed by atoms with Crippen LogP contribution in [0.25, 0.3) is 0 Å². The molecule has 0 aliphatic heterocycles. The zero-order chi connectivity index (χ0) is 35.1. The third-order valence-electron chi connectivity index (χ3n) is 5.91. The van der Waals surface area contributed by atoms with Gasteiger partial charge in [-0.25, -0.2) is 4.79 Å². The average Bonchev–Trinajstić information content (AvgIpc) is 2.98. The maximum absolute atomic E-state index is 12.2. The number of halogens is 1. The molecule has 1 aromatic heterocycles. The van der Waals surface area contributed by atoms with E-state index >= 15 is 0 Å². The van der Waals surface area contributed by atoms with Crippen LogP contribution in [0.1, 0.15) is 6.92 Å². The van der Waals surface area contributed by atoms with Gasteiger partial charge in [-0.2, -0.15) is 42.0 Å². The van der Waals surface area contributed by atoms with Gasteiger partial charge in [0.25, 0.3) is 20.2 Å². The summed E-state index contributed by atoms with van der Waals surface area (Å²) in [5, 5.41) is 27.1. The van der Waals surface area contributed by atoms with Gasteiger partial charge in [0, 0.05) is 18.3 Å². The average molecular weight is 719 g/mol. The molecule has 0 bridgehead atoms. The van der Waals surface area contributed by atoms with Gasteiger partial charge < -0.3 is 27.0 Å². The van der Waals surface area contributed by atoms with Crippen LogP contribution in [0.2, 0.25) is 5.28 Å². The van der Waals surface area contributed by atoms with Crippen molar-refractivity contribution in [1.29, 1.82) is 0 Å². The fraction of sp³-hybridized carbons (Fsp3) is 0.154. The van der Waals surface area contributed by atoms with Crippen LogP contribution in [0.5, 0.6) is 0 Å². The fourth-order valence-electron chi connectivity index (χ4n) is 3.87. The van der Waals surface area contributed by atoms with Crippen molar-refractivity contribution in [1.82, 2.24) is 20.3 Å². The van der Waals surface area contributed by atoms with E-state index in [0.717, 1.165) is 18.2 Å². The molecule has 0 radical (unpaired) electrons. The molecule has 4 aromatic rings. The lowest BCUT2D eigenvalue weighted by Crippen LogP contribution is -2.28. The predicted molar refractivity (Wildman–Crippen MR) is 176 cm³/mol. The number of rotatable bonds is 13. The van der Waals surface area contributed by atoms with Gasteiger partial charge in [0.05, 0.1) is 22.0 Å². The van der Waals surface area contributed by atoms with Crippen LogP contribution in [0.3, 0.4) is 0 Å². The van der Waals surface area contributed by atoms with Gasteiger partial charge in [-0.15, -0.1) is 10.2 Å². The third kappa shape index (κ3) is 10.2. The van der Waals surface area contributed by atoms with Crippen LogP contribution in [-0.2, 0) is 20.2 Å². The summed E-state index contributed by atoms with van der Waals surface area (Å²) in [7, 11) is -7.45. The number of hydrogen-bond acceptors (Lipinski definition) is 15. The molecule has 252 valence electrons. The van der Waals surface area contributed by atoms with E-state index in [9.17, 15) is 26.2 Å². The molecule has 8 N–H and O–H groups in total. The minimum absolute atomic E-state index is 0.0137. The number of urea groups is 1. The second-order valence-electron chi connectivity index (χ2n) is 9.70. The number of nitrogens with two attached hydrogens (primary N) is 1. The smallest absolute Gasteiger partial charge is 0.316 e. The van der Waals surface area contributed by atoms with E-state index in [1.807, 2.05) is 6.92 Å². The second-order valence-corrected chi connectivity index (χ2v) is 12.8.